The minimum absolute atomic E-state index is 0.567. The number of hydrogen-bond acceptors (Lipinski definition) is 1. The van der Waals surface area contributed by atoms with Gasteiger partial charge in [0.05, 0.1) is 5.56 Å². The van der Waals surface area contributed by atoms with Crippen LogP contribution < -0.4 is 4.57 Å². The summed E-state index contributed by atoms with van der Waals surface area (Å²) in [6.07, 6.45) is -1.02. The van der Waals surface area contributed by atoms with Gasteiger partial charge in [0.1, 0.15) is 11.4 Å². The lowest BCUT2D eigenvalue weighted by molar-refractivity contribution is -0.596. The minimum atomic E-state index is -4.33. The fraction of sp³-hybridized carbons (Fsp3) is 0.0667. The number of rotatable bonds is 2. The van der Waals surface area contributed by atoms with E-state index in [1.807, 2.05) is 30.3 Å². The summed E-state index contributed by atoms with van der Waals surface area (Å²) in [6, 6.07) is 14.4. The summed E-state index contributed by atoms with van der Waals surface area (Å²) in [4.78, 5) is 0. The largest absolute Gasteiger partial charge is 0.416 e. The molecule has 6 heteroatoms. The zero-order chi connectivity index (χ0) is 14.9. The normalized spacial score (nSPS) is 11.6. The molecule has 0 atom stereocenters. The predicted molar refractivity (Wildman–Crippen MR) is 70.1 cm³/mol. The van der Waals surface area contributed by atoms with Crippen LogP contribution in [-0.2, 0) is 6.18 Å². The summed E-state index contributed by atoms with van der Waals surface area (Å²) >= 11 is 0. The van der Waals surface area contributed by atoms with E-state index in [0.29, 0.717) is 5.69 Å². The van der Waals surface area contributed by atoms with E-state index in [2.05, 4.69) is 5.10 Å². The molecule has 0 fully saturated rings. The molecule has 0 amide bonds. The molecule has 21 heavy (non-hydrogen) atoms. The van der Waals surface area contributed by atoms with Gasteiger partial charge < -0.3 is 0 Å². The number of hydrogen-bond donors (Lipinski definition) is 0. The molecule has 0 saturated carbocycles. The van der Waals surface area contributed by atoms with E-state index in [-0.39, 0.29) is 0 Å². The Kier molecular flexibility index (Phi) is 3.21. The third kappa shape index (κ3) is 2.79. The van der Waals surface area contributed by atoms with E-state index in [0.717, 1.165) is 17.8 Å². The average Bonchev–Trinajstić information content (AvgIpc) is 2.97. The number of para-hydroxylation sites is 1. The van der Waals surface area contributed by atoms with Crippen LogP contribution in [0.1, 0.15) is 5.56 Å². The molecule has 1 aromatic heterocycles. The summed E-state index contributed by atoms with van der Waals surface area (Å²) in [6.45, 7) is 0. The molecule has 0 saturated heterocycles. The summed E-state index contributed by atoms with van der Waals surface area (Å²) < 4.78 is 40.9. The first-order chi connectivity index (χ1) is 10.0. The van der Waals surface area contributed by atoms with Crippen LogP contribution in [0.5, 0.6) is 0 Å². The van der Waals surface area contributed by atoms with E-state index in [4.69, 9.17) is 0 Å². The van der Waals surface area contributed by atoms with E-state index in [9.17, 15) is 13.2 Å². The van der Waals surface area contributed by atoms with Crippen LogP contribution in [0.25, 0.3) is 11.4 Å². The van der Waals surface area contributed by atoms with Crippen LogP contribution in [0.3, 0.4) is 0 Å². The van der Waals surface area contributed by atoms with Crippen molar-refractivity contribution in [3.8, 4) is 11.4 Å². The molecule has 3 rings (SSSR count). The van der Waals surface area contributed by atoms with Gasteiger partial charge in [-0.15, -0.1) is 0 Å². The van der Waals surface area contributed by atoms with Crippen molar-refractivity contribution in [3.63, 3.8) is 0 Å². The van der Waals surface area contributed by atoms with Crippen LogP contribution in [0.4, 0.5) is 13.2 Å². The first-order valence-corrected chi connectivity index (χ1v) is 6.23. The molecule has 1 heterocycles. The number of benzene rings is 2. The van der Waals surface area contributed by atoms with Crippen LogP contribution in [-0.4, -0.2) is 9.78 Å². The maximum absolute atomic E-state index is 12.5. The fourth-order valence-corrected chi connectivity index (χ4v) is 1.96. The van der Waals surface area contributed by atoms with Crippen molar-refractivity contribution in [2.24, 2.45) is 0 Å². The summed E-state index contributed by atoms with van der Waals surface area (Å²) in [7, 11) is 0. The quantitative estimate of drug-likeness (QED) is 0.664. The summed E-state index contributed by atoms with van der Waals surface area (Å²) in [5.74, 6) is 0. The molecule has 0 bridgehead atoms. The molecule has 0 unspecified atom stereocenters. The SMILES string of the molecule is FC(F)(F)c1ccc(-n2c[n+](-c3ccccc3)cn2)cc1. The van der Waals surface area contributed by atoms with Crippen molar-refractivity contribution < 1.29 is 17.7 Å². The van der Waals surface area contributed by atoms with E-state index >= 15 is 0 Å². The number of nitrogens with zero attached hydrogens (tertiary/aromatic N) is 3. The third-order valence-electron chi connectivity index (χ3n) is 3.05. The first-order valence-electron chi connectivity index (χ1n) is 6.23. The lowest BCUT2D eigenvalue weighted by atomic mass is 10.2. The second-order valence-corrected chi connectivity index (χ2v) is 4.48. The van der Waals surface area contributed by atoms with E-state index in [1.54, 1.807) is 17.2 Å². The van der Waals surface area contributed by atoms with Crippen LogP contribution in [0.2, 0.25) is 0 Å². The molecule has 0 spiro atoms. The highest BCUT2D eigenvalue weighted by molar-refractivity contribution is 5.34. The molecule has 0 aliphatic heterocycles. The zero-order valence-electron chi connectivity index (χ0n) is 10.8. The van der Waals surface area contributed by atoms with Crippen LogP contribution in [0, 0.1) is 0 Å². The smallest absolute Gasteiger partial charge is 0.203 e. The van der Waals surface area contributed by atoms with Gasteiger partial charge >= 0.3 is 6.18 Å². The van der Waals surface area contributed by atoms with Gasteiger partial charge in [-0.2, -0.15) is 13.2 Å². The van der Waals surface area contributed by atoms with Gasteiger partial charge in [-0.25, -0.2) is 4.57 Å². The Bertz CT molecular complexity index is 731. The lowest BCUT2D eigenvalue weighted by Crippen LogP contribution is -2.27. The third-order valence-corrected chi connectivity index (χ3v) is 3.05. The molecule has 0 aliphatic carbocycles. The Labute approximate surface area is 118 Å². The molecule has 0 aliphatic rings. The number of aromatic nitrogens is 3. The van der Waals surface area contributed by atoms with Gasteiger partial charge in [0.2, 0.25) is 6.33 Å². The molecule has 3 nitrogen and oxygen atoms in total. The van der Waals surface area contributed by atoms with Crippen molar-refractivity contribution in [2.75, 3.05) is 0 Å². The highest BCUT2D eigenvalue weighted by Crippen LogP contribution is 2.29. The van der Waals surface area contributed by atoms with Crippen molar-refractivity contribution in [2.45, 2.75) is 6.18 Å². The monoisotopic (exact) mass is 290 g/mol. The van der Waals surface area contributed by atoms with Gasteiger partial charge in [0, 0.05) is 5.10 Å². The van der Waals surface area contributed by atoms with Crippen molar-refractivity contribution in [1.82, 2.24) is 9.78 Å². The van der Waals surface area contributed by atoms with Gasteiger partial charge in [0.25, 0.3) is 6.33 Å². The summed E-state index contributed by atoms with van der Waals surface area (Å²) in [5, 5.41) is 4.15. The molecule has 0 radical (unpaired) electrons. The lowest BCUT2D eigenvalue weighted by Gasteiger charge is -2.05. The Balaban J connectivity index is 1.90. The Morgan fingerprint density at radius 3 is 2.19 bits per heavy atom. The van der Waals surface area contributed by atoms with Crippen molar-refractivity contribution in [1.29, 1.82) is 0 Å². The fourth-order valence-electron chi connectivity index (χ4n) is 1.96. The van der Waals surface area contributed by atoms with Crippen molar-refractivity contribution in [3.05, 3.63) is 72.8 Å². The Hall–Kier alpha value is -2.63. The molecule has 3 aromatic rings. The van der Waals surface area contributed by atoms with Crippen molar-refractivity contribution >= 4 is 0 Å². The van der Waals surface area contributed by atoms with Gasteiger partial charge in [-0.1, -0.05) is 22.9 Å². The second-order valence-electron chi connectivity index (χ2n) is 4.48. The summed E-state index contributed by atoms with van der Waals surface area (Å²) in [5.41, 5.74) is 0.822. The average molecular weight is 290 g/mol. The van der Waals surface area contributed by atoms with Crippen LogP contribution in [0.15, 0.2) is 67.3 Å². The predicted octanol–water partition coefficient (Wildman–Crippen LogP) is 3.17. The maximum Gasteiger partial charge on any atom is 0.416 e. The molecule has 106 valence electrons. The standard InChI is InChI=1S/C15H11F3N3/c16-15(17,18)12-6-8-14(9-7-12)21-11-20(10-19-21)13-4-2-1-3-5-13/h1-11H/q+1. The van der Waals surface area contributed by atoms with Crippen LogP contribution >= 0.6 is 0 Å². The Morgan fingerprint density at radius 1 is 0.905 bits per heavy atom. The van der Waals surface area contributed by atoms with Gasteiger partial charge in [-0.05, 0) is 36.4 Å². The minimum Gasteiger partial charge on any atom is -0.203 e. The van der Waals surface area contributed by atoms with E-state index in [1.165, 1.54) is 16.8 Å². The zero-order valence-corrected chi connectivity index (χ0v) is 10.8. The number of alkyl halides is 3. The van der Waals surface area contributed by atoms with Gasteiger partial charge in [-0.3, -0.25) is 0 Å². The maximum atomic E-state index is 12.5. The Morgan fingerprint density at radius 2 is 1.57 bits per heavy atom. The highest BCUT2D eigenvalue weighted by Gasteiger charge is 2.30. The molecular weight excluding hydrogens is 279 g/mol. The topological polar surface area (TPSA) is 21.7 Å². The molecule has 0 N–H and O–H groups in total. The first kappa shape index (κ1) is 13.4. The molecule has 2 aromatic carbocycles. The highest BCUT2D eigenvalue weighted by atomic mass is 19.4. The molecular formula is C15H11F3N3+. The van der Waals surface area contributed by atoms with E-state index < -0.39 is 11.7 Å². The van der Waals surface area contributed by atoms with Gasteiger partial charge in [0.15, 0.2) is 0 Å². The second kappa shape index (κ2) is 5.05. The number of halogens is 3.